The largest absolute Gasteiger partial charge is 0.497 e. The maximum Gasteiger partial charge on any atom is 0.290 e. The van der Waals surface area contributed by atoms with E-state index < -0.39 is 6.04 Å². The summed E-state index contributed by atoms with van der Waals surface area (Å²) in [5, 5.41) is 2.41. The maximum atomic E-state index is 13.3. The number of hydrogen-bond donors (Lipinski definition) is 0. The van der Waals surface area contributed by atoms with E-state index in [2.05, 4.69) is 0 Å². The fraction of sp³-hybridized carbons (Fsp3) is 0.300. The Labute approximate surface area is 160 Å². The molecule has 1 aromatic carbocycles. The lowest BCUT2D eigenvalue weighted by Gasteiger charge is -2.25. The van der Waals surface area contributed by atoms with Crippen molar-refractivity contribution in [1.29, 1.82) is 0 Å². The molecule has 0 fully saturated rings. The Balaban J connectivity index is 1.92. The van der Waals surface area contributed by atoms with E-state index in [1.165, 1.54) is 11.3 Å². The lowest BCUT2D eigenvalue weighted by molar-refractivity contribution is 0.0718. The first-order valence-corrected chi connectivity index (χ1v) is 9.53. The van der Waals surface area contributed by atoms with Gasteiger partial charge in [0.15, 0.2) is 5.43 Å². The third-order valence-electron chi connectivity index (χ3n) is 4.78. The first-order valence-electron chi connectivity index (χ1n) is 8.65. The van der Waals surface area contributed by atoms with Crippen molar-refractivity contribution in [2.45, 2.75) is 6.04 Å². The Morgan fingerprint density at radius 2 is 2.07 bits per heavy atom. The molecule has 0 spiro atoms. The second kappa shape index (κ2) is 6.83. The summed E-state index contributed by atoms with van der Waals surface area (Å²) in [4.78, 5) is 31.1. The predicted octanol–water partition coefficient (Wildman–Crippen LogP) is 2.97. The number of thiophene rings is 1. The molecule has 0 radical (unpaired) electrons. The molecule has 0 aliphatic carbocycles. The van der Waals surface area contributed by atoms with E-state index >= 15 is 0 Å². The van der Waals surface area contributed by atoms with Crippen molar-refractivity contribution in [2.75, 3.05) is 34.3 Å². The summed E-state index contributed by atoms with van der Waals surface area (Å²) >= 11 is 1.54. The molecule has 0 bridgehead atoms. The Hall–Kier alpha value is -2.64. The van der Waals surface area contributed by atoms with E-state index in [1.54, 1.807) is 30.2 Å². The Kier molecular flexibility index (Phi) is 4.49. The molecular weight excluding hydrogens is 364 g/mol. The van der Waals surface area contributed by atoms with E-state index in [4.69, 9.17) is 9.15 Å². The molecule has 1 aliphatic heterocycles. The van der Waals surface area contributed by atoms with Crippen LogP contribution in [0.5, 0.6) is 5.75 Å². The van der Waals surface area contributed by atoms with Crippen molar-refractivity contribution in [2.24, 2.45) is 0 Å². The average Bonchev–Trinajstić information content (AvgIpc) is 3.27. The third-order valence-corrected chi connectivity index (χ3v) is 5.70. The molecule has 27 heavy (non-hydrogen) atoms. The van der Waals surface area contributed by atoms with Crippen molar-refractivity contribution in [1.82, 2.24) is 9.80 Å². The van der Waals surface area contributed by atoms with Gasteiger partial charge in [-0.25, -0.2) is 0 Å². The number of likely N-dealkylation sites (N-methyl/N-ethyl adjacent to an activating group) is 1. The molecule has 1 atom stereocenters. The highest BCUT2D eigenvalue weighted by molar-refractivity contribution is 7.10. The van der Waals surface area contributed by atoms with Crippen molar-refractivity contribution in [3.05, 3.63) is 62.1 Å². The summed E-state index contributed by atoms with van der Waals surface area (Å²) in [7, 11) is 5.46. The van der Waals surface area contributed by atoms with Crippen LogP contribution in [-0.4, -0.2) is 50.0 Å². The van der Waals surface area contributed by atoms with Gasteiger partial charge in [-0.1, -0.05) is 6.07 Å². The zero-order chi connectivity index (χ0) is 19.1. The van der Waals surface area contributed by atoms with E-state index in [1.807, 2.05) is 36.5 Å². The molecule has 1 aliphatic rings. The fourth-order valence-electron chi connectivity index (χ4n) is 3.41. The Morgan fingerprint density at radius 3 is 2.74 bits per heavy atom. The van der Waals surface area contributed by atoms with E-state index in [-0.39, 0.29) is 17.1 Å². The molecular formula is C20H20N2O4S. The molecule has 0 N–H and O–H groups in total. The second-order valence-corrected chi connectivity index (χ2v) is 7.74. The lowest BCUT2D eigenvalue weighted by Crippen LogP contribution is -2.35. The van der Waals surface area contributed by atoms with Gasteiger partial charge in [0.1, 0.15) is 11.3 Å². The molecule has 0 unspecified atom stereocenters. The van der Waals surface area contributed by atoms with Gasteiger partial charge in [0, 0.05) is 24.0 Å². The van der Waals surface area contributed by atoms with Gasteiger partial charge in [0.05, 0.1) is 24.1 Å². The number of rotatable bonds is 5. The zero-order valence-electron chi connectivity index (χ0n) is 15.4. The van der Waals surface area contributed by atoms with Crippen LogP contribution in [0.1, 0.15) is 27.0 Å². The number of carbonyl (C=O) groups is 1. The minimum Gasteiger partial charge on any atom is -0.497 e. The number of benzene rings is 1. The SMILES string of the molecule is COc1ccc2c(=O)c3c(oc2c1)C(=O)N(CCN(C)C)[C@H]3c1cccs1. The Bertz CT molecular complexity index is 1060. The summed E-state index contributed by atoms with van der Waals surface area (Å²) in [6.07, 6.45) is 0. The molecule has 0 saturated heterocycles. The van der Waals surface area contributed by atoms with Gasteiger partial charge >= 0.3 is 0 Å². The van der Waals surface area contributed by atoms with Crippen LogP contribution in [0.2, 0.25) is 0 Å². The van der Waals surface area contributed by atoms with E-state index in [0.29, 0.717) is 35.4 Å². The molecule has 0 saturated carbocycles. The highest BCUT2D eigenvalue weighted by atomic mass is 32.1. The first-order chi connectivity index (χ1) is 13.0. The topological polar surface area (TPSA) is 63.0 Å². The number of ether oxygens (including phenoxy) is 1. The summed E-state index contributed by atoms with van der Waals surface area (Å²) in [6, 6.07) is 8.55. The normalized spacial score (nSPS) is 16.4. The summed E-state index contributed by atoms with van der Waals surface area (Å²) < 4.78 is 11.1. The lowest BCUT2D eigenvalue weighted by atomic mass is 10.0. The van der Waals surface area contributed by atoms with Gasteiger partial charge < -0.3 is 19.0 Å². The zero-order valence-corrected chi connectivity index (χ0v) is 16.2. The van der Waals surface area contributed by atoms with Gasteiger partial charge in [-0.3, -0.25) is 9.59 Å². The highest BCUT2D eigenvalue weighted by Crippen LogP contribution is 2.39. The monoisotopic (exact) mass is 384 g/mol. The summed E-state index contributed by atoms with van der Waals surface area (Å²) in [6.45, 7) is 1.21. The van der Waals surface area contributed by atoms with Crippen LogP contribution >= 0.6 is 11.3 Å². The second-order valence-electron chi connectivity index (χ2n) is 6.76. The molecule has 140 valence electrons. The maximum absolute atomic E-state index is 13.3. The molecule has 6 nitrogen and oxygen atoms in total. The van der Waals surface area contributed by atoms with Gasteiger partial charge in [-0.15, -0.1) is 11.3 Å². The Morgan fingerprint density at radius 1 is 1.26 bits per heavy atom. The van der Waals surface area contributed by atoms with Gasteiger partial charge in [0.2, 0.25) is 5.76 Å². The third kappa shape index (κ3) is 2.93. The number of fused-ring (bicyclic) bond motifs is 2. The number of hydrogen-bond acceptors (Lipinski definition) is 6. The van der Waals surface area contributed by atoms with Crippen molar-refractivity contribution < 1.29 is 13.9 Å². The smallest absolute Gasteiger partial charge is 0.290 e. The van der Waals surface area contributed by atoms with Crippen LogP contribution in [0.3, 0.4) is 0 Å². The van der Waals surface area contributed by atoms with Crippen LogP contribution < -0.4 is 10.2 Å². The highest BCUT2D eigenvalue weighted by Gasteiger charge is 2.42. The van der Waals surface area contributed by atoms with Crippen LogP contribution in [0, 0.1) is 0 Å². The molecule has 3 aromatic rings. The molecule has 4 rings (SSSR count). The van der Waals surface area contributed by atoms with Crippen LogP contribution in [-0.2, 0) is 0 Å². The fourth-order valence-corrected chi connectivity index (χ4v) is 4.25. The standard InChI is InChI=1S/C20H20N2O4S/c1-21(2)8-9-22-17(15-5-4-10-27-15)16-18(23)13-7-6-12(25-3)11-14(13)26-19(16)20(22)24/h4-7,10-11,17H,8-9H2,1-3H3/t17-/m0/s1. The van der Waals surface area contributed by atoms with Crippen LogP contribution in [0.25, 0.3) is 11.0 Å². The number of carbonyl (C=O) groups excluding carboxylic acids is 1. The van der Waals surface area contributed by atoms with Gasteiger partial charge in [-0.2, -0.15) is 0 Å². The van der Waals surface area contributed by atoms with E-state index in [9.17, 15) is 9.59 Å². The number of methoxy groups -OCH3 is 1. The minimum absolute atomic E-state index is 0.137. The average molecular weight is 384 g/mol. The molecule has 1 amide bonds. The number of nitrogens with zero attached hydrogens (tertiary/aromatic N) is 2. The molecule has 3 heterocycles. The minimum atomic E-state index is -0.407. The van der Waals surface area contributed by atoms with Gasteiger partial charge in [-0.05, 0) is 37.7 Å². The first kappa shape index (κ1) is 17.8. The van der Waals surface area contributed by atoms with Crippen molar-refractivity contribution >= 4 is 28.2 Å². The quantitative estimate of drug-likeness (QED) is 0.677. The van der Waals surface area contributed by atoms with Crippen molar-refractivity contribution in [3.63, 3.8) is 0 Å². The number of amides is 1. The summed E-state index contributed by atoms with van der Waals surface area (Å²) in [5.74, 6) is 0.472. The van der Waals surface area contributed by atoms with Crippen LogP contribution in [0.4, 0.5) is 0 Å². The predicted molar refractivity (Wildman–Crippen MR) is 105 cm³/mol. The molecule has 2 aromatic heterocycles. The van der Waals surface area contributed by atoms with Crippen LogP contribution in [0.15, 0.2) is 44.9 Å². The molecule has 7 heteroatoms. The summed E-state index contributed by atoms with van der Waals surface area (Å²) in [5.41, 5.74) is 0.637. The van der Waals surface area contributed by atoms with E-state index in [0.717, 1.165) is 4.88 Å². The van der Waals surface area contributed by atoms with Gasteiger partial charge in [0.25, 0.3) is 5.91 Å². The van der Waals surface area contributed by atoms with Crippen molar-refractivity contribution in [3.8, 4) is 5.75 Å².